The number of halogens is 3. The van der Waals surface area contributed by atoms with Gasteiger partial charge in [0.15, 0.2) is 5.82 Å². The van der Waals surface area contributed by atoms with Gasteiger partial charge in [-0.2, -0.15) is 10.2 Å². The molecule has 9 heteroatoms. The number of aromatic nitrogens is 4. The summed E-state index contributed by atoms with van der Waals surface area (Å²) >= 11 is 9.55. The van der Waals surface area contributed by atoms with Crippen molar-refractivity contribution in [1.29, 1.82) is 0 Å². The van der Waals surface area contributed by atoms with Crippen molar-refractivity contribution in [2.75, 3.05) is 5.32 Å². The van der Waals surface area contributed by atoms with E-state index in [2.05, 4.69) is 31.4 Å². The first-order valence-corrected chi connectivity index (χ1v) is 9.90. The van der Waals surface area contributed by atoms with Crippen LogP contribution in [0.25, 0.3) is 0 Å². The molecule has 3 aromatic rings. The summed E-state index contributed by atoms with van der Waals surface area (Å²) in [6, 6.07) is 6.52. The molecule has 2 aromatic heterocycles. The van der Waals surface area contributed by atoms with E-state index in [4.69, 9.17) is 11.6 Å². The van der Waals surface area contributed by atoms with Gasteiger partial charge < -0.3 is 5.32 Å². The Morgan fingerprint density at radius 3 is 2.68 bits per heavy atom. The molecule has 0 fully saturated rings. The van der Waals surface area contributed by atoms with Crippen molar-refractivity contribution in [2.45, 2.75) is 33.9 Å². The molecule has 3 rings (SSSR count). The molecule has 1 unspecified atom stereocenters. The van der Waals surface area contributed by atoms with Gasteiger partial charge >= 0.3 is 0 Å². The van der Waals surface area contributed by atoms with Crippen molar-refractivity contribution in [3.8, 4) is 0 Å². The minimum atomic E-state index is -0.349. The minimum absolute atomic E-state index is 0.194. The number of nitrogens with zero attached hydrogens (tertiary/aromatic N) is 4. The fourth-order valence-electron chi connectivity index (χ4n) is 2.80. The summed E-state index contributed by atoms with van der Waals surface area (Å²) in [4.78, 5) is 12.6. The number of nitrogens with one attached hydrogen (secondary N) is 1. The van der Waals surface area contributed by atoms with Crippen LogP contribution in [0.2, 0.25) is 5.02 Å². The van der Waals surface area contributed by atoms with Crippen LogP contribution >= 0.6 is 27.5 Å². The van der Waals surface area contributed by atoms with E-state index >= 15 is 0 Å². The lowest BCUT2D eigenvalue weighted by Crippen LogP contribution is -2.25. The molecule has 0 aliphatic carbocycles. The minimum Gasteiger partial charge on any atom is -0.308 e. The fourth-order valence-corrected chi connectivity index (χ4v) is 3.35. The molecule has 1 atom stereocenters. The van der Waals surface area contributed by atoms with Gasteiger partial charge in [-0.25, -0.2) is 4.39 Å². The van der Waals surface area contributed by atoms with Crippen molar-refractivity contribution in [3.63, 3.8) is 0 Å². The standard InChI is InChI=1S/C19H20BrClFN5O/c1-11(8-27-13(3)17(21)12(2)24-27)19(28)23-18-15(20)10-26(25-18)9-14-6-4-5-7-16(14)22/h4-7,10-11H,8-9H2,1-3H3,(H,23,25,28). The highest BCUT2D eigenvalue weighted by Gasteiger charge is 2.19. The predicted molar refractivity (Wildman–Crippen MR) is 110 cm³/mol. The molecule has 0 bridgehead atoms. The summed E-state index contributed by atoms with van der Waals surface area (Å²) in [5.74, 6) is -0.449. The summed E-state index contributed by atoms with van der Waals surface area (Å²) < 4.78 is 17.8. The molecule has 0 radical (unpaired) electrons. The lowest BCUT2D eigenvalue weighted by Gasteiger charge is -2.12. The number of amides is 1. The number of anilines is 1. The van der Waals surface area contributed by atoms with Crippen LogP contribution in [0.5, 0.6) is 0 Å². The lowest BCUT2D eigenvalue weighted by atomic mass is 10.1. The SMILES string of the molecule is Cc1nn(CC(C)C(=O)Nc2nn(Cc3ccccc3F)cc2Br)c(C)c1Cl. The first-order chi connectivity index (χ1) is 13.3. The van der Waals surface area contributed by atoms with E-state index in [0.29, 0.717) is 27.4 Å². The molecule has 0 spiro atoms. The number of hydrogen-bond acceptors (Lipinski definition) is 3. The zero-order valence-electron chi connectivity index (χ0n) is 15.7. The van der Waals surface area contributed by atoms with Crippen molar-refractivity contribution in [3.05, 3.63) is 62.7 Å². The topological polar surface area (TPSA) is 64.7 Å². The van der Waals surface area contributed by atoms with E-state index in [9.17, 15) is 9.18 Å². The van der Waals surface area contributed by atoms with Gasteiger partial charge in [-0.1, -0.05) is 36.7 Å². The normalized spacial score (nSPS) is 12.2. The Kier molecular flexibility index (Phi) is 6.20. The molecule has 0 saturated carbocycles. The van der Waals surface area contributed by atoms with Crippen LogP contribution in [-0.4, -0.2) is 25.5 Å². The Labute approximate surface area is 175 Å². The Morgan fingerprint density at radius 2 is 2.04 bits per heavy atom. The smallest absolute Gasteiger partial charge is 0.230 e. The van der Waals surface area contributed by atoms with Crippen molar-refractivity contribution in [1.82, 2.24) is 19.6 Å². The number of carbonyl (C=O) groups excluding carboxylic acids is 1. The van der Waals surface area contributed by atoms with Gasteiger partial charge in [0.2, 0.25) is 5.91 Å². The van der Waals surface area contributed by atoms with E-state index in [1.807, 2.05) is 20.8 Å². The summed E-state index contributed by atoms with van der Waals surface area (Å²) in [6.07, 6.45) is 1.70. The third-order valence-corrected chi connectivity index (χ3v) is 5.56. The van der Waals surface area contributed by atoms with Crippen LogP contribution < -0.4 is 5.32 Å². The first-order valence-electron chi connectivity index (χ1n) is 8.73. The number of rotatable bonds is 6. The van der Waals surface area contributed by atoms with Crippen LogP contribution in [0.1, 0.15) is 23.9 Å². The van der Waals surface area contributed by atoms with Gasteiger partial charge in [-0.05, 0) is 35.8 Å². The first kappa shape index (κ1) is 20.5. The molecule has 2 heterocycles. The van der Waals surface area contributed by atoms with Gasteiger partial charge in [-0.3, -0.25) is 14.2 Å². The molecule has 1 amide bonds. The van der Waals surface area contributed by atoms with E-state index in [-0.39, 0.29) is 24.2 Å². The molecule has 28 heavy (non-hydrogen) atoms. The second kappa shape index (κ2) is 8.45. The highest BCUT2D eigenvalue weighted by molar-refractivity contribution is 9.10. The summed E-state index contributed by atoms with van der Waals surface area (Å²) in [6.45, 7) is 6.17. The summed E-state index contributed by atoms with van der Waals surface area (Å²) in [5.41, 5.74) is 2.08. The van der Waals surface area contributed by atoms with E-state index in [0.717, 1.165) is 11.4 Å². The number of hydrogen-bond donors (Lipinski definition) is 1. The zero-order valence-corrected chi connectivity index (χ0v) is 18.1. The molecule has 148 valence electrons. The van der Waals surface area contributed by atoms with Gasteiger partial charge in [-0.15, -0.1) is 0 Å². The maximum Gasteiger partial charge on any atom is 0.230 e. The third kappa shape index (κ3) is 4.44. The maximum atomic E-state index is 13.8. The average molecular weight is 469 g/mol. The summed E-state index contributed by atoms with van der Waals surface area (Å²) in [7, 11) is 0. The third-order valence-electron chi connectivity index (χ3n) is 4.44. The molecule has 1 aromatic carbocycles. The van der Waals surface area contributed by atoms with Gasteiger partial charge in [0.25, 0.3) is 0 Å². The number of carbonyl (C=O) groups is 1. The number of aryl methyl sites for hydroxylation is 1. The van der Waals surface area contributed by atoms with Gasteiger partial charge in [0.05, 0.1) is 39.9 Å². The summed E-state index contributed by atoms with van der Waals surface area (Å²) in [5, 5.41) is 12.1. The quantitative estimate of drug-likeness (QED) is 0.576. The Bertz CT molecular complexity index is 1020. The molecule has 0 aliphatic rings. The van der Waals surface area contributed by atoms with Crippen molar-refractivity contribution >= 4 is 39.3 Å². The van der Waals surface area contributed by atoms with E-state index in [1.54, 1.807) is 33.8 Å². The Balaban J connectivity index is 1.67. The molecule has 0 aliphatic heterocycles. The fraction of sp³-hybridized carbons (Fsp3) is 0.316. The van der Waals surface area contributed by atoms with Gasteiger partial charge in [0.1, 0.15) is 5.82 Å². The van der Waals surface area contributed by atoms with Crippen molar-refractivity contribution in [2.24, 2.45) is 5.92 Å². The molecule has 6 nitrogen and oxygen atoms in total. The lowest BCUT2D eigenvalue weighted by molar-refractivity contribution is -0.119. The Morgan fingerprint density at radius 1 is 1.32 bits per heavy atom. The second-order valence-corrected chi connectivity index (χ2v) is 7.90. The zero-order chi connectivity index (χ0) is 20.4. The predicted octanol–water partition coefficient (Wildman–Crippen LogP) is 4.57. The van der Waals surface area contributed by atoms with Gasteiger partial charge in [0, 0.05) is 11.8 Å². The van der Waals surface area contributed by atoms with Crippen LogP contribution in [0.3, 0.4) is 0 Å². The molecule has 1 N–H and O–H groups in total. The molecular formula is C19H20BrClFN5O. The monoisotopic (exact) mass is 467 g/mol. The Hall–Kier alpha value is -2.19. The van der Waals surface area contributed by atoms with E-state index in [1.165, 1.54) is 6.07 Å². The van der Waals surface area contributed by atoms with Crippen LogP contribution in [-0.2, 0) is 17.9 Å². The highest BCUT2D eigenvalue weighted by atomic mass is 79.9. The number of benzene rings is 1. The van der Waals surface area contributed by atoms with E-state index < -0.39 is 0 Å². The van der Waals surface area contributed by atoms with Crippen LogP contribution in [0.4, 0.5) is 10.2 Å². The van der Waals surface area contributed by atoms with Crippen LogP contribution in [0.15, 0.2) is 34.9 Å². The van der Waals surface area contributed by atoms with Crippen molar-refractivity contribution < 1.29 is 9.18 Å². The maximum absolute atomic E-state index is 13.8. The highest BCUT2D eigenvalue weighted by Crippen LogP contribution is 2.23. The van der Waals surface area contributed by atoms with Crippen LogP contribution in [0, 0.1) is 25.6 Å². The average Bonchev–Trinajstić information content (AvgIpc) is 3.11. The molecule has 0 saturated heterocycles. The largest absolute Gasteiger partial charge is 0.308 e. The molecular weight excluding hydrogens is 449 g/mol. The second-order valence-electron chi connectivity index (χ2n) is 6.67.